The maximum absolute atomic E-state index is 12.4. The maximum Gasteiger partial charge on any atom is 0.227 e. The first-order valence-electron chi connectivity index (χ1n) is 8.09. The zero-order chi connectivity index (χ0) is 14.7. The zero-order valence-corrected chi connectivity index (χ0v) is 12.6. The summed E-state index contributed by atoms with van der Waals surface area (Å²) in [7, 11) is 0. The van der Waals surface area contributed by atoms with Gasteiger partial charge in [-0.05, 0) is 44.0 Å². The molecule has 1 amide bonds. The highest BCUT2D eigenvalue weighted by Gasteiger charge is 2.30. The molecule has 2 heterocycles. The van der Waals surface area contributed by atoms with Gasteiger partial charge in [-0.2, -0.15) is 0 Å². The number of para-hydroxylation sites is 1. The lowest BCUT2D eigenvalue weighted by Crippen LogP contribution is -2.41. The lowest BCUT2D eigenvalue weighted by molar-refractivity contribution is -0.129. The van der Waals surface area contributed by atoms with Crippen molar-refractivity contribution in [2.75, 3.05) is 31.9 Å². The first-order chi connectivity index (χ1) is 10.2. The molecule has 4 nitrogen and oxygen atoms in total. The minimum absolute atomic E-state index is 0.215. The lowest BCUT2D eigenvalue weighted by Gasteiger charge is -2.32. The predicted octanol–water partition coefficient (Wildman–Crippen LogP) is 1.90. The summed E-state index contributed by atoms with van der Waals surface area (Å²) in [5.41, 5.74) is 7.60. The highest BCUT2D eigenvalue weighted by Crippen LogP contribution is 2.21. The first-order valence-corrected chi connectivity index (χ1v) is 8.09. The predicted molar refractivity (Wildman–Crippen MR) is 85.0 cm³/mol. The Morgan fingerprint density at radius 1 is 1.14 bits per heavy atom. The summed E-state index contributed by atoms with van der Waals surface area (Å²) in [6, 6.07) is 8.24. The van der Waals surface area contributed by atoms with Crippen LogP contribution in [0.25, 0.3) is 0 Å². The minimum Gasteiger partial charge on any atom is -0.398 e. The van der Waals surface area contributed by atoms with Crippen LogP contribution < -0.4 is 5.73 Å². The maximum atomic E-state index is 12.4. The first kappa shape index (κ1) is 14.4. The Labute approximate surface area is 126 Å². The summed E-state index contributed by atoms with van der Waals surface area (Å²) < 4.78 is 0. The zero-order valence-electron chi connectivity index (χ0n) is 12.6. The largest absolute Gasteiger partial charge is 0.398 e. The standard InChI is InChI=1S/C17H25N3O/c18-16-7-3-2-6-14(16)12-17(21)20-11-8-15(13-20)19-9-4-1-5-10-19/h2-3,6-7,15H,1,4-5,8-13,18H2. The number of hydrogen-bond donors (Lipinski definition) is 1. The Balaban J connectivity index is 1.55. The highest BCUT2D eigenvalue weighted by atomic mass is 16.2. The molecule has 0 radical (unpaired) electrons. The van der Waals surface area contributed by atoms with Crippen LogP contribution >= 0.6 is 0 Å². The number of hydrogen-bond acceptors (Lipinski definition) is 3. The van der Waals surface area contributed by atoms with Crippen molar-refractivity contribution in [3.8, 4) is 0 Å². The van der Waals surface area contributed by atoms with Gasteiger partial charge in [-0.25, -0.2) is 0 Å². The molecule has 1 unspecified atom stereocenters. The molecule has 1 aromatic carbocycles. The number of nitrogens with zero attached hydrogens (tertiary/aromatic N) is 2. The summed E-state index contributed by atoms with van der Waals surface area (Å²) in [4.78, 5) is 17.0. The van der Waals surface area contributed by atoms with Gasteiger partial charge in [-0.3, -0.25) is 9.69 Å². The van der Waals surface area contributed by atoms with Gasteiger partial charge in [-0.1, -0.05) is 24.6 Å². The van der Waals surface area contributed by atoms with Crippen molar-refractivity contribution in [2.45, 2.75) is 38.1 Å². The Kier molecular flexibility index (Phi) is 4.44. The van der Waals surface area contributed by atoms with Gasteiger partial charge < -0.3 is 10.6 Å². The van der Waals surface area contributed by atoms with E-state index in [4.69, 9.17) is 5.73 Å². The Bertz CT molecular complexity index is 497. The van der Waals surface area contributed by atoms with Crippen LogP contribution in [0.5, 0.6) is 0 Å². The Hall–Kier alpha value is -1.55. The van der Waals surface area contributed by atoms with Crippen LogP contribution in [-0.2, 0) is 11.2 Å². The molecule has 0 aliphatic carbocycles. The molecule has 2 aliphatic heterocycles. The molecule has 1 atom stereocenters. The van der Waals surface area contributed by atoms with Gasteiger partial charge in [0.2, 0.25) is 5.91 Å². The molecule has 1 aromatic rings. The Morgan fingerprint density at radius 3 is 2.67 bits per heavy atom. The van der Waals surface area contributed by atoms with Crippen molar-refractivity contribution in [3.63, 3.8) is 0 Å². The van der Waals surface area contributed by atoms with Crippen LogP contribution in [0.2, 0.25) is 0 Å². The number of anilines is 1. The molecule has 0 saturated carbocycles. The number of likely N-dealkylation sites (tertiary alicyclic amines) is 2. The molecular weight excluding hydrogens is 262 g/mol. The van der Waals surface area contributed by atoms with Crippen molar-refractivity contribution < 1.29 is 4.79 Å². The molecule has 0 bridgehead atoms. The van der Waals surface area contributed by atoms with E-state index in [0.717, 1.165) is 30.8 Å². The molecule has 2 saturated heterocycles. The molecule has 21 heavy (non-hydrogen) atoms. The van der Waals surface area contributed by atoms with Crippen molar-refractivity contribution in [1.29, 1.82) is 0 Å². The van der Waals surface area contributed by atoms with Gasteiger partial charge in [0.25, 0.3) is 0 Å². The fraction of sp³-hybridized carbons (Fsp3) is 0.588. The third kappa shape index (κ3) is 3.38. The Morgan fingerprint density at radius 2 is 1.90 bits per heavy atom. The number of carbonyl (C=O) groups excluding carboxylic acids is 1. The van der Waals surface area contributed by atoms with Crippen molar-refractivity contribution in [1.82, 2.24) is 9.80 Å². The molecule has 2 N–H and O–H groups in total. The third-order valence-electron chi connectivity index (χ3n) is 4.82. The number of nitrogen functional groups attached to an aromatic ring is 1. The summed E-state index contributed by atoms with van der Waals surface area (Å²) in [5.74, 6) is 0.215. The molecule has 0 spiro atoms. The number of benzene rings is 1. The topological polar surface area (TPSA) is 49.6 Å². The second kappa shape index (κ2) is 6.48. The fourth-order valence-electron chi connectivity index (χ4n) is 3.52. The van der Waals surface area contributed by atoms with Crippen molar-refractivity contribution in [3.05, 3.63) is 29.8 Å². The van der Waals surface area contributed by atoms with Crippen LogP contribution in [0, 0.1) is 0 Å². The van der Waals surface area contributed by atoms with E-state index in [1.807, 2.05) is 29.2 Å². The van der Waals surface area contributed by atoms with Crippen LogP contribution in [0.4, 0.5) is 5.69 Å². The van der Waals surface area contributed by atoms with Crippen molar-refractivity contribution in [2.24, 2.45) is 0 Å². The van der Waals surface area contributed by atoms with Gasteiger partial charge in [0.1, 0.15) is 0 Å². The molecule has 114 valence electrons. The highest BCUT2D eigenvalue weighted by molar-refractivity contribution is 5.80. The monoisotopic (exact) mass is 287 g/mol. The van der Waals surface area contributed by atoms with Gasteiger partial charge in [0.05, 0.1) is 6.42 Å². The summed E-state index contributed by atoms with van der Waals surface area (Å²) >= 11 is 0. The summed E-state index contributed by atoms with van der Waals surface area (Å²) in [6.45, 7) is 4.20. The van der Waals surface area contributed by atoms with Crippen LogP contribution in [-0.4, -0.2) is 47.9 Å². The second-order valence-corrected chi connectivity index (χ2v) is 6.25. The van der Waals surface area contributed by atoms with Crippen molar-refractivity contribution >= 4 is 11.6 Å². The van der Waals surface area contributed by atoms with Crippen LogP contribution in [0.1, 0.15) is 31.2 Å². The molecule has 2 aliphatic rings. The van der Waals surface area contributed by atoms with Crippen LogP contribution in [0.15, 0.2) is 24.3 Å². The lowest BCUT2D eigenvalue weighted by atomic mass is 10.1. The summed E-state index contributed by atoms with van der Waals surface area (Å²) in [6.07, 6.45) is 5.53. The average molecular weight is 287 g/mol. The number of amides is 1. The third-order valence-corrected chi connectivity index (χ3v) is 4.82. The number of rotatable bonds is 3. The van der Waals surface area contributed by atoms with Gasteiger partial charge in [0, 0.05) is 24.8 Å². The van der Waals surface area contributed by atoms with E-state index in [1.165, 1.54) is 32.4 Å². The minimum atomic E-state index is 0.215. The molecule has 0 aromatic heterocycles. The van der Waals surface area contributed by atoms with E-state index < -0.39 is 0 Å². The smallest absolute Gasteiger partial charge is 0.227 e. The van der Waals surface area contributed by atoms with E-state index >= 15 is 0 Å². The fourth-order valence-corrected chi connectivity index (χ4v) is 3.52. The molecule has 2 fully saturated rings. The van der Waals surface area contributed by atoms with Gasteiger partial charge >= 0.3 is 0 Å². The van der Waals surface area contributed by atoms with E-state index in [9.17, 15) is 4.79 Å². The van der Waals surface area contributed by atoms with Crippen LogP contribution in [0.3, 0.4) is 0 Å². The van der Waals surface area contributed by atoms with E-state index in [1.54, 1.807) is 0 Å². The molecule has 3 rings (SSSR count). The van der Waals surface area contributed by atoms with E-state index in [-0.39, 0.29) is 5.91 Å². The van der Waals surface area contributed by atoms with E-state index in [0.29, 0.717) is 12.5 Å². The van der Waals surface area contributed by atoms with Gasteiger partial charge in [-0.15, -0.1) is 0 Å². The van der Waals surface area contributed by atoms with E-state index in [2.05, 4.69) is 4.90 Å². The average Bonchev–Trinajstić information content (AvgIpc) is 3.00. The number of nitrogens with two attached hydrogens (primary N) is 1. The quantitative estimate of drug-likeness (QED) is 0.864. The molecule has 4 heteroatoms. The SMILES string of the molecule is Nc1ccccc1CC(=O)N1CCC(N2CCCCC2)C1. The normalized spacial score (nSPS) is 23.4. The molecular formula is C17H25N3O. The number of carbonyl (C=O) groups is 1. The summed E-state index contributed by atoms with van der Waals surface area (Å²) in [5, 5.41) is 0. The van der Waals surface area contributed by atoms with Gasteiger partial charge in [0.15, 0.2) is 0 Å². The second-order valence-electron chi connectivity index (χ2n) is 6.25. The number of piperidine rings is 1.